The minimum atomic E-state index is -1.05. The van der Waals surface area contributed by atoms with Crippen molar-refractivity contribution in [2.75, 3.05) is 5.32 Å². The van der Waals surface area contributed by atoms with Crippen LogP contribution in [0.25, 0.3) is 0 Å². The minimum Gasteiger partial charge on any atom is -0.447 e. The lowest BCUT2D eigenvalue weighted by atomic mass is 9.47. The Bertz CT molecular complexity index is 1140. The van der Waals surface area contributed by atoms with E-state index in [1.807, 2.05) is 62.4 Å². The topological polar surface area (TPSA) is 84.5 Å². The first-order chi connectivity index (χ1) is 16.7. The van der Waals surface area contributed by atoms with Crippen LogP contribution in [0.4, 0.5) is 5.69 Å². The molecule has 4 bridgehead atoms. The van der Waals surface area contributed by atoms with E-state index in [-0.39, 0.29) is 23.3 Å². The van der Waals surface area contributed by atoms with Crippen LogP contribution < -0.4 is 10.6 Å². The second kappa shape index (κ2) is 8.81. The number of benzene rings is 2. The Kier molecular flexibility index (Phi) is 5.94. The molecule has 0 radical (unpaired) electrons. The number of hydrogen-bond donors (Lipinski definition) is 2. The summed E-state index contributed by atoms with van der Waals surface area (Å²) in [6.45, 7) is 5.46. The van der Waals surface area contributed by atoms with Gasteiger partial charge < -0.3 is 15.4 Å². The van der Waals surface area contributed by atoms with E-state index in [1.165, 1.54) is 0 Å². The Labute approximate surface area is 206 Å². The smallest absolute Gasteiger partial charge is 0.313 e. The van der Waals surface area contributed by atoms with Crippen molar-refractivity contribution < 1.29 is 19.1 Å². The molecular formula is C29H34N2O4. The van der Waals surface area contributed by atoms with Crippen LogP contribution >= 0.6 is 0 Å². The molecule has 4 aliphatic carbocycles. The molecule has 2 N–H and O–H groups in total. The first-order valence-electron chi connectivity index (χ1n) is 12.6. The molecule has 2 aromatic rings. The molecule has 6 heteroatoms. The average molecular weight is 475 g/mol. The summed E-state index contributed by atoms with van der Waals surface area (Å²) in [5, 5.41) is 6.18. The zero-order valence-corrected chi connectivity index (χ0v) is 20.7. The molecule has 2 aromatic carbocycles. The van der Waals surface area contributed by atoms with E-state index >= 15 is 0 Å². The van der Waals surface area contributed by atoms with E-state index in [0.29, 0.717) is 29.5 Å². The van der Waals surface area contributed by atoms with Crippen LogP contribution in [0.15, 0.2) is 48.5 Å². The molecule has 184 valence electrons. The van der Waals surface area contributed by atoms with Gasteiger partial charge in [0.15, 0.2) is 0 Å². The maximum atomic E-state index is 13.9. The first-order valence-corrected chi connectivity index (χ1v) is 12.6. The quantitative estimate of drug-likeness (QED) is 0.577. The predicted molar refractivity (Wildman–Crippen MR) is 133 cm³/mol. The molecular weight excluding hydrogens is 440 g/mol. The number of rotatable bonds is 6. The van der Waals surface area contributed by atoms with Gasteiger partial charge in [-0.25, -0.2) is 0 Å². The van der Waals surface area contributed by atoms with Gasteiger partial charge in [-0.05, 0) is 81.4 Å². The Hall–Kier alpha value is -3.15. The third-order valence-electron chi connectivity index (χ3n) is 8.15. The third kappa shape index (κ3) is 4.58. The summed E-state index contributed by atoms with van der Waals surface area (Å²) in [4.78, 5) is 39.4. The van der Waals surface area contributed by atoms with Crippen LogP contribution in [-0.4, -0.2) is 23.3 Å². The first kappa shape index (κ1) is 23.6. The second-order valence-corrected chi connectivity index (χ2v) is 11.2. The van der Waals surface area contributed by atoms with Crippen LogP contribution in [0.2, 0.25) is 0 Å². The molecule has 3 atom stereocenters. The molecule has 0 aliphatic heterocycles. The highest BCUT2D eigenvalue weighted by atomic mass is 16.5. The fourth-order valence-electron chi connectivity index (χ4n) is 7.22. The SMILES string of the molecule is CC(=O)NC12CC3CC(C1)CC(C(=O)OC(C(=O)Nc1cc(C)ccc1C)c1ccccc1)(C3)C2. The number of hydrogen-bond acceptors (Lipinski definition) is 4. The highest BCUT2D eigenvalue weighted by Crippen LogP contribution is 2.62. The molecule has 2 amide bonds. The largest absolute Gasteiger partial charge is 0.447 e. The molecule has 6 nitrogen and oxygen atoms in total. The van der Waals surface area contributed by atoms with Gasteiger partial charge in [0.25, 0.3) is 5.91 Å². The summed E-state index contributed by atoms with van der Waals surface area (Å²) in [5.74, 6) is 0.0700. The molecule has 4 saturated carbocycles. The molecule has 6 rings (SSSR count). The van der Waals surface area contributed by atoms with Crippen molar-refractivity contribution in [3.05, 3.63) is 65.2 Å². The zero-order chi connectivity index (χ0) is 24.8. The fraction of sp³-hybridized carbons (Fsp3) is 0.483. The fourth-order valence-corrected chi connectivity index (χ4v) is 7.22. The van der Waals surface area contributed by atoms with Crippen LogP contribution in [-0.2, 0) is 19.1 Å². The lowest BCUT2D eigenvalue weighted by Gasteiger charge is -2.60. The number of aryl methyl sites for hydroxylation is 2. The Balaban J connectivity index is 1.42. The standard InChI is InChI=1S/C29H34N2O4/c1-18-9-10-19(2)24(11-18)30-26(33)25(23-7-5-4-6-8-23)35-27(34)28-13-21-12-22(14-28)16-29(15-21,17-28)31-20(3)32/h4-11,21-22,25H,12-17H2,1-3H3,(H,30,33)(H,31,32). The van der Waals surface area contributed by atoms with Crippen LogP contribution in [0.1, 0.15) is 68.2 Å². The minimum absolute atomic E-state index is 0.0504. The van der Waals surface area contributed by atoms with E-state index in [2.05, 4.69) is 10.6 Å². The van der Waals surface area contributed by atoms with Crippen molar-refractivity contribution in [2.24, 2.45) is 17.3 Å². The summed E-state index contributed by atoms with van der Waals surface area (Å²) >= 11 is 0. The van der Waals surface area contributed by atoms with Crippen LogP contribution in [0, 0.1) is 31.1 Å². The summed E-state index contributed by atoms with van der Waals surface area (Å²) in [7, 11) is 0. The number of ether oxygens (including phenoxy) is 1. The molecule has 0 spiro atoms. The normalized spacial score (nSPS) is 29.3. The molecule has 3 unspecified atom stereocenters. The van der Waals surface area contributed by atoms with E-state index in [0.717, 1.165) is 43.2 Å². The number of carbonyl (C=O) groups excluding carboxylic acids is 3. The van der Waals surface area contributed by atoms with Crippen LogP contribution in [0.5, 0.6) is 0 Å². The Morgan fingerprint density at radius 1 is 0.971 bits per heavy atom. The van der Waals surface area contributed by atoms with Gasteiger partial charge in [0.1, 0.15) is 0 Å². The number of amides is 2. The average Bonchev–Trinajstić information content (AvgIpc) is 2.78. The third-order valence-corrected chi connectivity index (χ3v) is 8.15. The summed E-state index contributed by atoms with van der Waals surface area (Å²) < 4.78 is 6.11. The van der Waals surface area contributed by atoms with E-state index in [9.17, 15) is 14.4 Å². The van der Waals surface area contributed by atoms with Crippen molar-refractivity contribution in [3.8, 4) is 0 Å². The van der Waals surface area contributed by atoms with Gasteiger partial charge in [-0.2, -0.15) is 0 Å². The van der Waals surface area contributed by atoms with E-state index in [4.69, 9.17) is 4.74 Å². The van der Waals surface area contributed by atoms with Crippen LogP contribution in [0.3, 0.4) is 0 Å². The van der Waals surface area contributed by atoms with Gasteiger partial charge in [0.05, 0.1) is 5.41 Å². The highest BCUT2D eigenvalue weighted by molar-refractivity contribution is 5.97. The maximum Gasteiger partial charge on any atom is 0.313 e. The number of carbonyl (C=O) groups is 3. The van der Waals surface area contributed by atoms with Gasteiger partial charge in [0, 0.05) is 23.7 Å². The number of nitrogens with one attached hydrogen (secondary N) is 2. The number of anilines is 1. The van der Waals surface area contributed by atoms with E-state index in [1.54, 1.807) is 6.92 Å². The molecule has 0 aromatic heterocycles. The molecule has 0 heterocycles. The molecule has 4 aliphatic rings. The zero-order valence-electron chi connectivity index (χ0n) is 20.7. The summed E-state index contributed by atoms with van der Waals surface area (Å²) in [5.41, 5.74) is 2.35. The molecule has 0 saturated heterocycles. The predicted octanol–water partition coefficient (Wildman–Crippen LogP) is 5.00. The van der Waals surface area contributed by atoms with Crippen molar-refractivity contribution in [2.45, 2.75) is 70.9 Å². The molecule has 35 heavy (non-hydrogen) atoms. The van der Waals surface area contributed by atoms with Crippen molar-refractivity contribution in [3.63, 3.8) is 0 Å². The number of esters is 1. The summed E-state index contributed by atoms with van der Waals surface area (Å²) in [6.07, 6.45) is 4.03. The van der Waals surface area contributed by atoms with Gasteiger partial charge in [-0.1, -0.05) is 42.5 Å². The van der Waals surface area contributed by atoms with Gasteiger partial charge in [0.2, 0.25) is 12.0 Å². The lowest BCUT2D eigenvalue weighted by molar-refractivity contribution is -0.182. The highest BCUT2D eigenvalue weighted by Gasteiger charge is 2.62. The van der Waals surface area contributed by atoms with Crippen molar-refractivity contribution in [1.82, 2.24) is 5.32 Å². The molecule has 4 fully saturated rings. The summed E-state index contributed by atoms with van der Waals surface area (Å²) in [6, 6.07) is 15.1. The van der Waals surface area contributed by atoms with Gasteiger partial charge >= 0.3 is 5.97 Å². The maximum absolute atomic E-state index is 13.9. The lowest BCUT2D eigenvalue weighted by Crippen LogP contribution is -2.64. The Morgan fingerprint density at radius 2 is 1.66 bits per heavy atom. The van der Waals surface area contributed by atoms with E-state index < -0.39 is 11.5 Å². The second-order valence-electron chi connectivity index (χ2n) is 11.2. The van der Waals surface area contributed by atoms with Gasteiger partial charge in [-0.3, -0.25) is 14.4 Å². The van der Waals surface area contributed by atoms with Crippen molar-refractivity contribution in [1.29, 1.82) is 0 Å². The van der Waals surface area contributed by atoms with Crippen molar-refractivity contribution >= 4 is 23.5 Å². The Morgan fingerprint density at radius 3 is 2.31 bits per heavy atom. The monoisotopic (exact) mass is 474 g/mol. The van der Waals surface area contributed by atoms with Gasteiger partial charge in [-0.15, -0.1) is 0 Å².